The summed E-state index contributed by atoms with van der Waals surface area (Å²) in [5.74, 6) is -7.28. The smallest absolute Gasteiger partial charge is 0.255 e. The minimum absolute atomic E-state index is 0.00105. The molecule has 0 saturated heterocycles. The average Bonchev–Trinajstić information content (AvgIpc) is 2.80. The first-order chi connectivity index (χ1) is 17.3. The number of carbonyl (C=O) groups is 3. The molecule has 6 atom stereocenters. The predicted molar refractivity (Wildman–Crippen MR) is 137 cm³/mol. The Morgan fingerprint density at radius 2 is 1.84 bits per heavy atom. The van der Waals surface area contributed by atoms with Crippen LogP contribution in [0.2, 0.25) is 0 Å². The second kappa shape index (κ2) is 9.46. The van der Waals surface area contributed by atoms with Crippen LogP contribution in [-0.4, -0.2) is 91.3 Å². The summed E-state index contributed by atoms with van der Waals surface area (Å²) in [7, 11) is 2.96. The van der Waals surface area contributed by atoms with Crippen LogP contribution >= 0.6 is 11.8 Å². The van der Waals surface area contributed by atoms with Crippen molar-refractivity contribution in [3.05, 3.63) is 46.2 Å². The zero-order valence-electron chi connectivity index (χ0n) is 21.0. The molecule has 4 rings (SSSR count). The third-order valence-electron chi connectivity index (χ3n) is 7.55. The Kier molecular flexibility index (Phi) is 6.95. The third-order valence-corrected chi connectivity index (χ3v) is 9.04. The summed E-state index contributed by atoms with van der Waals surface area (Å²) in [5.41, 5.74) is 1.63. The minimum atomic E-state index is -2.91. The van der Waals surface area contributed by atoms with Crippen molar-refractivity contribution in [1.82, 2.24) is 4.90 Å². The van der Waals surface area contributed by atoms with E-state index in [-0.39, 0.29) is 16.9 Å². The zero-order chi connectivity index (χ0) is 27.6. The maximum absolute atomic E-state index is 14.0. The number of nitrogens with two attached hydrogens (primary N) is 1. The molecule has 0 bridgehead atoms. The maximum atomic E-state index is 14.0. The highest BCUT2D eigenvalue weighted by atomic mass is 32.2. The first-order valence-corrected chi connectivity index (χ1v) is 13.1. The van der Waals surface area contributed by atoms with E-state index in [0.29, 0.717) is 17.2 Å². The maximum Gasteiger partial charge on any atom is 0.255 e. The number of amides is 1. The first-order valence-electron chi connectivity index (χ1n) is 12.0. The van der Waals surface area contributed by atoms with Gasteiger partial charge in [-0.2, -0.15) is 11.8 Å². The number of ketones is 2. The Bertz CT molecular complexity index is 1240. The highest BCUT2D eigenvalue weighted by Gasteiger charge is 2.68. The van der Waals surface area contributed by atoms with Gasteiger partial charge in [-0.1, -0.05) is 26.0 Å². The van der Waals surface area contributed by atoms with Crippen LogP contribution in [-0.2, 0) is 14.4 Å². The second-order valence-corrected chi connectivity index (χ2v) is 11.6. The van der Waals surface area contributed by atoms with Crippen LogP contribution in [0, 0.1) is 17.8 Å². The van der Waals surface area contributed by atoms with Crippen LogP contribution in [0.25, 0.3) is 5.76 Å². The molecule has 3 aliphatic carbocycles. The van der Waals surface area contributed by atoms with Crippen molar-refractivity contribution in [2.75, 3.05) is 25.6 Å². The number of phenolic OH excluding ortho intramolecular Hbond substituents is 1. The fraction of sp³-hybridized carbons (Fsp3) is 0.500. The molecule has 11 heteroatoms. The molecule has 1 aromatic rings. The molecule has 1 saturated carbocycles. The fourth-order valence-electron chi connectivity index (χ4n) is 6.02. The Hall–Kier alpha value is -2.86. The molecule has 200 valence electrons. The van der Waals surface area contributed by atoms with Gasteiger partial charge in [0.05, 0.1) is 23.6 Å². The summed E-state index contributed by atoms with van der Waals surface area (Å²) in [4.78, 5) is 40.8. The van der Waals surface area contributed by atoms with Gasteiger partial charge in [-0.3, -0.25) is 19.3 Å². The van der Waals surface area contributed by atoms with Gasteiger partial charge in [0.2, 0.25) is 5.78 Å². The van der Waals surface area contributed by atoms with Gasteiger partial charge < -0.3 is 31.3 Å². The number of phenols is 1. The SMILES string of the molecule is CC(C)CSC[C@H]1c2cccc(O)c2C(O)=C2C(=O)[C@]3(O)C(O)=C(C(N)=O)C(=O)[C@@H](N(C)C)[C@@H]3[C@@H](O)[C@@H]21. The topological polar surface area (TPSA) is 182 Å². The Labute approximate surface area is 218 Å². The fourth-order valence-corrected chi connectivity index (χ4v) is 7.27. The summed E-state index contributed by atoms with van der Waals surface area (Å²) in [6, 6.07) is 3.26. The molecule has 37 heavy (non-hydrogen) atoms. The molecule has 0 spiro atoms. The van der Waals surface area contributed by atoms with Gasteiger partial charge in [0.1, 0.15) is 22.8 Å². The van der Waals surface area contributed by atoms with Gasteiger partial charge >= 0.3 is 0 Å². The van der Waals surface area contributed by atoms with Crippen molar-refractivity contribution in [2.24, 2.45) is 23.5 Å². The van der Waals surface area contributed by atoms with E-state index in [1.54, 1.807) is 23.9 Å². The average molecular weight is 533 g/mol. The van der Waals surface area contributed by atoms with Crippen LogP contribution in [0.4, 0.5) is 0 Å². The van der Waals surface area contributed by atoms with Gasteiger partial charge in [-0.15, -0.1) is 0 Å². The van der Waals surface area contributed by atoms with Crippen LogP contribution in [0.5, 0.6) is 5.75 Å². The van der Waals surface area contributed by atoms with Crippen LogP contribution in [0.3, 0.4) is 0 Å². The molecule has 1 aromatic carbocycles. The van der Waals surface area contributed by atoms with Crippen molar-refractivity contribution in [2.45, 2.75) is 37.5 Å². The highest BCUT2D eigenvalue weighted by Crippen LogP contribution is 2.56. The number of aliphatic hydroxyl groups is 4. The Morgan fingerprint density at radius 3 is 2.41 bits per heavy atom. The number of carbonyl (C=O) groups excluding carboxylic acids is 3. The molecular formula is C26H32N2O8S. The number of primary amides is 1. The number of nitrogens with zero attached hydrogens (tertiary/aromatic N) is 1. The summed E-state index contributed by atoms with van der Waals surface area (Å²) >= 11 is 1.57. The first kappa shape index (κ1) is 27.2. The van der Waals surface area contributed by atoms with E-state index in [0.717, 1.165) is 5.75 Å². The number of aromatic hydroxyl groups is 1. The molecule has 10 nitrogen and oxygen atoms in total. The molecular weight excluding hydrogens is 500 g/mol. The Morgan fingerprint density at radius 1 is 1.19 bits per heavy atom. The van der Waals surface area contributed by atoms with Crippen molar-refractivity contribution >= 4 is 35.0 Å². The van der Waals surface area contributed by atoms with Gasteiger partial charge in [0.25, 0.3) is 5.91 Å². The number of hydrogen-bond acceptors (Lipinski definition) is 10. The lowest BCUT2D eigenvalue weighted by Crippen LogP contribution is -2.70. The quantitative estimate of drug-likeness (QED) is 0.288. The van der Waals surface area contributed by atoms with Gasteiger partial charge in [0.15, 0.2) is 11.4 Å². The number of fused-ring (bicyclic) bond motifs is 3. The molecule has 1 amide bonds. The molecule has 0 heterocycles. The monoisotopic (exact) mass is 532 g/mol. The summed E-state index contributed by atoms with van der Waals surface area (Å²) < 4.78 is 0. The molecule has 0 aliphatic heterocycles. The van der Waals surface area contributed by atoms with E-state index in [1.807, 2.05) is 13.8 Å². The van der Waals surface area contributed by atoms with Gasteiger partial charge in [-0.25, -0.2) is 0 Å². The molecule has 3 aliphatic rings. The second-order valence-electron chi connectivity index (χ2n) is 10.5. The number of rotatable bonds is 6. The van der Waals surface area contributed by atoms with E-state index in [2.05, 4.69) is 0 Å². The molecule has 0 radical (unpaired) electrons. The van der Waals surface area contributed by atoms with E-state index < -0.39 is 70.1 Å². The molecule has 1 fully saturated rings. The molecule has 7 N–H and O–H groups in total. The van der Waals surface area contributed by atoms with Crippen molar-refractivity contribution in [3.8, 4) is 5.75 Å². The van der Waals surface area contributed by atoms with E-state index in [4.69, 9.17) is 5.73 Å². The summed E-state index contributed by atoms with van der Waals surface area (Å²) in [6.07, 6.45) is -1.60. The number of benzene rings is 1. The standard InChI is InChI=1S/C26H32N2O8S/c1-10(2)8-37-9-12-11-6-5-7-13(29)14(11)20(30)16-15(12)21(31)18-19(28(3)4)22(32)17(25(27)35)24(34)26(18,36)23(16)33/h5-7,10,12,15,18-19,21,29-31,34,36H,8-9H2,1-4H3,(H2,27,35)/t12-,15+,18+,19-,21-,26-/m0/s1. The third kappa shape index (κ3) is 3.87. The van der Waals surface area contributed by atoms with Crippen molar-refractivity contribution in [1.29, 1.82) is 0 Å². The largest absolute Gasteiger partial charge is 0.508 e. The lowest BCUT2D eigenvalue weighted by Gasteiger charge is -2.54. The normalized spacial score (nSPS) is 31.5. The van der Waals surface area contributed by atoms with Crippen LogP contribution < -0.4 is 5.73 Å². The van der Waals surface area contributed by atoms with Crippen LogP contribution in [0.1, 0.15) is 30.9 Å². The summed E-state index contributed by atoms with van der Waals surface area (Å²) in [6.45, 7) is 4.09. The highest BCUT2D eigenvalue weighted by molar-refractivity contribution is 7.99. The number of likely N-dealkylation sites (N-methyl/N-ethyl adjacent to an activating group) is 1. The van der Waals surface area contributed by atoms with E-state index in [9.17, 15) is 39.9 Å². The molecule has 0 unspecified atom stereocenters. The zero-order valence-corrected chi connectivity index (χ0v) is 21.8. The summed E-state index contributed by atoms with van der Waals surface area (Å²) in [5, 5.41) is 56.3. The Balaban J connectivity index is 2.00. The van der Waals surface area contributed by atoms with Gasteiger partial charge in [0, 0.05) is 23.2 Å². The minimum Gasteiger partial charge on any atom is -0.508 e. The van der Waals surface area contributed by atoms with E-state index >= 15 is 0 Å². The van der Waals surface area contributed by atoms with Crippen LogP contribution in [0.15, 0.2) is 35.1 Å². The number of aliphatic hydroxyl groups excluding tert-OH is 3. The van der Waals surface area contributed by atoms with E-state index in [1.165, 1.54) is 25.1 Å². The number of thioether (sulfide) groups is 1. The predicted octanol–water partition coefficient (Wildman–Crippen LogP) is 0.865. The lowest BCUT2D eigenvalue weighted by molar-refractivity contribution is -0.169. The number of hydrogen-bond donors (Lipinski definition) is 6. The lowest BCUT2D eigenvalue weighted by atomic mass is 9.54. The van der Waals surface area contributed by atoms with Crippen molar-refractivity contribution in [3.63, 3.8) is 0 Å². The molecule has 0 aromatic heterocycles. The van der Waals surface area contributed by atoms with Gasteiger partial charge in [-0.05, 0) is 37.4 Å². The number of Topliss-reactive ketones (excluding diaryl/α,β-unsaturated/α-hetero) is 2. The van der Waals surface area contributed by atoms with Crippen molar-refractivity contribution < 1.29 is 39.9 Å².